The number of hydrogen-bond acceptors (Lipinski definition) is 3. The predicted octanol–water partition coefficient (Wildman–Crippen LogP) is 1.47. The Morgan fingerprint density at radius 3 is 2.36 bits per heavy atom. The van der Waals surface area contributed by atoms with Crippen LogP contribution in [0.2, 0.25) is 0 Å². The minimum atomic E-state index is -3.74. The van der Waals surface area contributed by atoms with E-state index in [1.165, 1.54) is 0 Å². The number of halogens is 3. The van der Waals surface area contributed by atoms with Gasteiger partial charge < -0.3 is 9.47 Å². The van der Waals surface area contributed by atoms with E-state index >= 15 is 0 Å². The summed E-state index contributed by atoms with van der Waals surface area (Å²) in [5, 5.41) is 0. The van der Waals surface area contributed by atoms with Gasteiger partial charge in [-0.3, -0.25) is 0 Å². The van der Waals surface area contributed by atoms with Gasteiger partial charge in [-0.05, 0) is 0 Å². The standard InChI is InChI=1S/C5H5F3O3/c1-4(6,7)5(8)2-10-3(9)11-5/h2H2,1H3. The van der Waals surface area contributed by atoms with Gasteiger partial charge in [-0.25, -0.2) is 4.79 Å². The summed E-state index contributed by atoms with van der Waals surface area (Å²) in [6.45, 7) is -0.746. The van der Waals surface area contributed by atoms with Crippen LogP contribution in [0.25, 0.3) is 0 Å². The molecule has 1 unspecified atom stereocenters. The van der Waals surface area contributed by atoms with Crippen LogP contribution in [0.1, 0.15) is 6.92 Å². The lowest BCUT2D eigenvalue weighted by atomic mass is 10.2. The number of carbonyl (C=O) groups is 1. The summed E-state index contributed by atoms with van der Waals surface area (Å²) in [6.07, 6.45) is -1.41. The van der Waals surface area contributed by atoms with E-state index in [1.807, 2.05) is 0 Å². The van der Waals surface area contributed by atoms with Gasteiger partial charge in [-0.1, -0.05) is 0 Å². The third kappa shape index (κ3) is 1.24. The van der Waals surface area contributed by atoms with Crippen molar-refractivity contribution in [3.05, 3.63) is 0 Å². The SMILES string of the molecule is CC(F)(F)C1(F)COC(=O)O1. The molecule has 0 bridgehead atoms. The van der Waals surface area contributed by atoms with Gasteiger partial charge >= 0.3 is 17.9 Å². The monoisotopic (exact) mass is 170 g/mol. The second-order valence-corrected chi connectivity index (χ2v) is 2.26. The average Bonchev–Trinajstić information content (AvgIpc) is 2.10. The third-order valence-corrected chi connectivity index (χ3v) is 1.28. The summed E-state index contributed by atoms with van der Waals surface area (Å²) in [7, 11) is 0. The molecule has 0 spiro atoms. The number of cyclic esters (lactones) is 2. The zero-order valence-corrected chi connectivity index (χ0v) is 5.57. The summed E-state index contributed by atoms with van der Waals surface area (Å²) in [4.78, 5) is 10.1. The Labute approximate surface area is 60.1 Å². The molecule has 3 nitrogen and oxygen atoms in total. The third-order valence-electron chi connectivity index (χ3n) is 1.28. The first kappa shape index (κ1) is 8.16. The van der Waals surface area contributed by atoms with E-state index in [0.717, 1.165) is 0 Å². The molecule has 0 N–H and O–H groups in total. The number of carbonyl (C=O) groups excluding carboxylic acids is 1. The van der Waals surface area contributed by atoms with Crippen molar-refractivity contribution in [2.75, 3.05) is 6.61 Å². The second-order valence-electron chi connectivity index (χ2n) is 2.26. The number of hydrogen-bond donors (Lipinski definition) is 0. The second kappa shape index (κ2) is 2.02. The first-order valence-electron chi connectivity index (χ1n) is 2.78. The normalized spacial score (nSPS) is 31.5. The molecule has 6 heteroatoms. The molecule has 1 saturated heterocycles. The lowest BCUT2D eigenvalue weighted by molar-refractivity contribution is -0.223. The molecule has 0 radical (unpaired) electrons. The predicted molar refractivity (Wildman–Crippen MR) is 26.9 cm³/mol. The summed E-state index contributed by atoms with van der Waals surface area (Å²) in [5.74, 6) is -7.04. The lowest BCUT2D eigenvalue weighted by Gasteiger charge is -2.21. The Morgan fingerprint density at radius 1 is 1.64 bits per heavy atom. The van der Waals surface area contributed by atoms with E-state index in [4.69, 9.17) is 0 Å². The van der Waals surface area contributed by atoms with Gasteiger partial charge in [0.1, 0.15) is 0 Å². The van der Waals surface area contributed by atoms with Crippen LogP contribution in [-0.2, 0) is 9.47 Å². The molecular weight excluding hydrogens is 165 g/mol. The zero-order chi connectivity index (χ0) is 8.70. The molecule has 1 heterocycles. The van der Waals surface area contributed by atoms with Crippen molar-refractivity contribution in [2.45, 2.75) is 18.7 Å². The Hall–Kier alpha value is -0.940. The molecule has 0 aromatic heterocycles. The van der Waals surface area contributed by atoms with Crippen LogP contribution in [0, 0.1) is 0 Å². The van der Waals surface area contributed by atoms with Crippen molar-refractivity contribution < 1.29 is 27.4 Å². The smallest absolute Gasteiger partial charge is 0.427 e. The molecule has 0 aliphatic carbocycles. The Balaban J connectivity index is 2.77. The molecule has 1 fully saturated rings. The van der Waals surface area contributed by atoms with Crippen molar-refractivity contribution in [2.24, 2.45) is 0 Å². The molecule has 0 aromatic carbocycles. The highest BCUT2D eigenvalue weighted by molar-refractivity contribution is 5.62. The van der Waals surface area contributed by atoms with Gasteiger partial charge in [0, 0.05) is 6.92 Å². The Bertz CT molecular complexity index is 188. The maximum Gasteiger partial charge on any atom is 0.511 e. The first-order valence-corrected chi connectivity index (χ1v) is 2.78. The van der Waals surface area contributed by atoms with Crippen molar-refractivity contribution in [1.82, 2.24) is 0 Å². The van der Waals surface area contributed by atoms with Crippen LogP contribution in [0.15, 0.2) is 0 Å². The quantitative estimate of drug-likeness (QED) is 0.559. The molecule has 64 valence electrons. The first-order chi connectivity index (χ1) is 4.85. The van der Waals surface area contributed by atoms with Crippen LogP contribution in [0.3, 0.4) is 0 Å². The molecule has 1 aliphatic rings. The van der Waals surface area contributed by atoms with Crippen LogP contribution in [0.4, 0.5) is 18.0 Å². The number of alkyl halides is 3. The van der Waals surface area contributed by atoms with Gasteiger partial charge in [0.2, 0.25) is 0 Å². The fourth-order valence-electron chi connectivity index (χ4n) is 0.559. The van der Waals surface area contributed by atoms with E-state index in [2.05, 4.69) is 9.47 Å². The van der Waals surface area contributed by atoms with Crippen molar-refractivity contribution in [3.63, 3.8) is 0 Å². The molecular formula is C5H5F3O3. The van der Waals surface area contributed by atoms with E-state index in [1.54, 1.807) is 0 Å². The van der Waals surface area contributed by atoms with Crippen LogP contribution >= 0.6 is 0 Å². The topological polar surface area (TPSA) is 35.5 Å². The Morgan fingerprint density at radius 2 is 2.18 bits per heavy atom. The van der Waals surface area contributed by atoms with E-state index in [9.17, 15) is 18.0 Å². The van der Waals surface area contributed by atoms with Crippen molar-refractivity contribution >= 4 is 6.16 Å². The van der Waals surface area contributed by atoms with Gasteiger partial charge in [0.25, 0.3) is 0 Å². The van der Waals surface area contributed by atoms with Gasteiger partial charge in [0.05, 0.1) is 0 Å². The highest BCUT2D eigenvalue weighted by Crippen LogP contribution is 2.37. The Kier molecular flexibility index (Phi) is 1.50. The summed E-state index contributed by atoms with van der Waals surface area (Å²) >= 11 is 0. The van der Waals surface area contributed by atoms with Gasteiger partial charge in [-0.15, -0.1) is 0 Å². The van der Waals surface area contributed by atoms with Crippen LogP contribution in [0.5, 0.6) is 0 Å². The molecule has 0 saturated carbocycles. The summed E-state index contributed by atoms with van der Waals surface area (Å²) < 4.78 is 44.8. The van der Waals surface area contributed by atoms with Crippen LogP contribution < -0.4 is 0 Å². The van der Waals surface area contributed by atoms with Crippen LogP contribution in [-0.4, -0.2) is 24.5 Å². The molecule has 0 aromatic rings. The fourth-order valence-corrected chi connectivity index (χ4v) is 0.559. The van der Waals surface area contributed by atoms with Gasteiger partial charge in [-0.2, -0.15) is 13.2 Å². The maximum atomic E-state index is 12.8. The zero-order valence-electron chi connectivity index (χ0n) is 5.57. The molecule has 1 aliphatic heterocycles. The van der Waals surface area contributed by atoms with Gasteiger partial charge in [0.15, 0.2) is 6.61 Å². The molecule has 1 rings (SSSR count). The van der Waals surface area contributed by atoms with Crippen molar-refractivity contribution in [3.8, 4) is 0 Å². The van der Waals surface area contributed by atoms with E-state index in [0.29, 0.717) is 6.92 Å². The lowest BCUT2D eigenvalue weighted by Crippen LogP contribution is -2.44. The minimum absolute atomic E-state index is 0.314. The number of rotatable bonds is 1. The van der Waals surface area contributed by atoms with E-state index in [-0.39, 0.29) is 0 Å². The highest BCUT2D eigenvalue weighted by Gasteiger charge is 2.59. The largest absolute Gasteiger partial charge is 0.511 e. The van der Waals surface area contributed by atoms with Crippen molar-refractivity contribution in [1.29, 1.82) is 0 Å². The van der Waals surface area contributed by atoms with E-state index < -0.39 is 24.5 Å². The molecule has 11 heavy (non-hydrogen) atoms. The molecule has 0 amide bonds. The number of ether oxygens (including phenoxy) is 2. The maximum absolute atomic E-state index is 12.8. The molecule has 1 atom stereocenters. The summed E-state index contributed by atoms with van der Waals surface area (Å²) in [5.41, 5.74) is 0. The minimum Gasteiger partial charge on any atom is -0.427 e. The average molecular weight is 170 g/mol. The summed E-state index contributed by atoms with van der Waals surface area (Å²) in [6, 6.07) is 0. The highest BCUT2D eigenvalue weighted by atomic mass is 19.3. The fraction of sp³-hybridized carbons (Fsp3) is 0.800.